The molecule has 10 heteroatoms. The van der Waals surface area contributed by atoms with E-state index in [-0.39, 0.29) is 28.6 Å². The van der Waals surface area contributed by atoms with Crippen molar-refractivity contribution >= 4 is 23.2 Å². The van der Waals surface area contributed by atoms with E-state index in [9.17, 15) is 22.4 Å². The standard InChI is InChI=1S/C15H9ClF4N4O/c16-11-5-9(15(18,19)20)7-24-12(22-23-13(11)24)6-21-14(25)8-2-1-3-10(17)4-8/h1-5,7H,6H2,(H,21,25). The number of hydrogen-bond donors (Lipinski definition) is 1. The van der Waals surface area contributed by atoms with Gasteiger partial charge in [0.25, 0.3) is 5.91 Å². The van der Waals surface area contributed by atoms with Crippen LogP contribution in [0.4, 0.5) is 17.6 Å². The number of nitrogens with zero attached hydrogens (tertiary/aromatic N) is 3. The summed E-state index contributed by atoms with van der Waals surface area (Å²) >= 11 is 5.81. The molecule has 25 heavy (non-hydrogen) atoms. The van der Waals surface area contributed by atoms with Crippen LogP contribution in [0.2, 0.25) is 5.02 Å². The largest absolute Gasteiger partial charge is 0.417 e. The Hall–Kier alpha value is -2.68. The second kappa shape index (κ2) is 6.32. The molecule has 3 rings (SSSR count). The zero-order valence-corrected chi connectivity index (χ0v) is 13.1. The zero-order chi connectivity index (χ0) is 18.2. The lowest BCUT2D eigenvalue weighted by atomic mass is 10.2. The summed E-state index contributed by atoms with van der Waals surface area (Å²) in [6.07, 6.45) is -3.80. The maximum atomic E-state index is 13.1. The number of alkyl halides is 3. The van der Waals surface area contributed by atoms with Gasteiger partial charge in [-0.2, -0.15) is 13.2 Å². The van der Waals surface area contributed by atoms with Gasteiger partial charge in [0.2, 0.25) is 0 Å². The van der Waals surface area contributed by atoms with Crippen LogP contribution in [0.1, 0.15) is 21.7 Å². The van der Waals surface area contributed by atoms with Crippen molar-refractivity contribution in [2.24, 2.45) is 0 Å². The molecular formula is C15H9ClF4N4O. The molecule has 0 atom stereocenters. The fourth-order valence-corrected chi connectivity index (χ4v) is 2.41. The fourth-order valence-electron chi connectivity index (χ4n) is 2.17. The molecule has 0 unspecified atom stereocenters. The van der Waals surface area contributed by atoms with E-state index in [1.54, 1.807) is 0 Å². The molecule has 2 heterocycles. The number of carbonyl (C=O) groups excluding carboxylic acids is 1. The normalized spacial score (nSPS) is 11.7. The van der Waals surface area contributed by atoms with Crippen LogP contribution in [-0.4, -0.2) is 20.5 Å². The quantitative estimate of drug-likeness (QED) is 0.716. The van der Waals surface area contributed by atoms with E-state index in [2.05, 4.69) is 15.5 Å². The molecule has 0 aliphatic rings. The highest BCUT2D eigenvalue weighted by Crippen LogP contribution is 2.32. The van der Waals surface area contributed by atoms with E-state index in [4.69, 9.17) is 11.6 Å². The van der Waals surface area contributed by atoms with Crippen LogP contribution >= 0.6 is 11.6 Å². The van der Waals surface area contributed by atoms with Gasteiger partial charge in [0.1, 0.15) is 5.82 Å². The minimum Gasteiger partial charge on any atom is -0.345 e. The summed E-state index contributed by atoms with van der Waals surface area (Å²) < 4.78 is 52.8. The third-order valence-electron chi connectivity index (χ3n) is 3.35. The Balaban J connectivity index is 1.87. The third kappa shape index (κ3) is 3.55. The first-order chi connectivity index (χ1) is 11.8. The molecule has 1 N–H and O–H groups in total. The number of nitrogens with one attached hydrogen (secondary N) is 1. The Labute approximate surface area is 143 Å². The van der Waals surface area contributed by atoms with Crippen molar-refractivity contribution < 1.29 is 22.4 Å². The van der Waals surface area contributed by atoms with Crippen LogP contribution in [0, 0.1) is 5.82 Å². The highest BCUT2D eigenvalue weighted by Gasteiger charge is 2.32. The highest BCUT2D eigenvalue weighted by molar-refractivity contribution is 6.33. The number of amides is 1. The average Bonchev–Trinajstić information content (AvgIpc) is 2.95. The van der Waals surface area contributed by atoms with Crippen LogP contribution < -0.4 is 5.32 Å². The molecule has 0 fully saturated rings. The minimum atomic E-state index is -4.59. The molecule has 0 saturated carbocycles. The molecule has 0 radical (unpaired) electrons. The van der Waals surface area contributed by atoms with Gasteiger partial charge in [-0.25, -0.2) is 4.39 Å². The molecular weight excluding hydrogens is 364 g/mol. The van der Waals surface area contributed by atoms with Crippen molar-refractivity contribution in [2.75, 3.05) is 0 Å². The molecule has 0 aliphatic carbocycles. The Morgan fingerprint density at radius 3 is 2.68 bits per heavy atom. The number of carbonyl (C=O) groups is 1. The Bertz CT molecular complexity index is 954. The summed E-state index contributed by atoms with van der Waals surface area (Å²) in [5.74, 6) is -1.13. The van der Waals surface area contributed by atoms with Gasteiger partial charge in [-0.15, -0.1) is 10.2 Å². The average molecular weight is 373 g/mol. The van der Waals surface area contributed by atoms with E-state index >= 15 is 0 Å². The highest BCUT2D eigenvalue weighted by atomic mass is 35.5. The summed E-state index contributed by atoms with van der Waals surface area (Å²) in [5, 5.41) is 9.67. The van der Waals surface area contributed by atoms with Crippen LogP contribution in [0.15, 0.2) is 36.5 Å². The number of fused-ring (bicyclic) bond motifs is 1. The summed E-state index contributed by atoms with van der Waals surface area (Å²) in [7, 11) is 0. The molecule has 0 aliphatic heterocycles. The lowest BCUT2D eigenvalue weighted by molar-refractivity contribution is -0.137. The van der Waals surface area contributed by atoms with Gasteiger partial charge in [-0.05, 0) is 24.3 Å². The fraction of sp³-hybridized carbons (Fsp3) is 0.133. The predicted molar refractivity (Wildman–Crippen MR) is 80.6 cm³/mol. The predicted octanol–water partition coefficient (Wildman–Crippen LogP) is 3.47. The molecule has 2 aromatic heterocycles. The lowest BCUT2D eigenvalue weighted by Crippen LogP contribution is -2.24. The second-order valence-corrected chi connectivity index (χ2v) is 5.48. The zero-order valence-electron chi connectivity index (χ0n) is 12.3. The first-order valence-corrected chi connectivity index (χ1v) is 7.27. The minimum absolute atomic E-state index is 0.0321. The maximum Gasteiger partial charge on any atom is 0.417 e. The van der Waals surface area contributed by atoms with Crippen molar-refractivity contribution in [3.8, 4) is 0 Å². The van der Waals surface area contributed by atoms with E-state index in [0.717, 1.165) is 22.7 Å². The van der Waals surface area contributed by atoms with Crippen molar-refractivity contribution in [1.29, 1.82) is 0 Å². The number of pyridine rings is 1. The van der Waals surface area contributed by atoms with E-state index < -0.39 is 23.5 Å². The van der Waals surface area contributed by atoms with Gasteiger partial charge >= 0.3 is 6.18 Å². The summed E-state index contributed by atoms with van der Waals surface area (Å²) in [4.78, 5) is 12.0. The molecule has 1 amide bonds. The third-order valence-corrected chi connectivity index (χ3v) is 3.63. The van der Waals surface area contributed by atoms with Gasteiger partial charge in [-0.1, -0.05) is 17.7 Å². The van der Waals surface area contributed by atoms with Gasteiger partial charge in [0.15, 0.2) is 11.5 Å². The Kier molecular flexibility index (Phi) is 4.34. The first-order valence-electron chi connectivity index (χ1n) is 6.90. The van der Waals surface area contributed by atoms with Crippen LogP contribution in [0.5, 0.6) is 0 Å². The summed E-state index contributed by atoms with van der Waals surface area (Å²) in [5.41, 5.74) is -0.866. The topological polar surface area (TPSA) is 59.3 Å². The molecule has 3 aromatic rings. The number of halogens is 5. The number of aromatic nitrogens is 3. The molecule has 1 aromatic carbocycles. The van der Waals surface area contributed by atoms with Gasteiger partial charge in [0.05, 0.1) is 17.1 Å². The monoisotopic (exact) mass is 372 g/mol. The number of hydrogen-bond acceptors (Lipinski definition) is 3. The SMILES string of the molecule is O=C(NCc1nnc2c(Cl)cc(C(F)(F)F)cn12)c1cccc(F)c1. The van der Waals surface area contributed by atoms with E-state index in [1.165, 1.54) is 18.2 Å². The first kappa shape index (κ1) is 17.2. The van der Waals surface area contributed by atoms with Crippen molar-refractivity contribution in [2.45, 2.75) is 12.7 Å². The number of benzene rings is 1. The second-order valence-electron chi connectivity index (χ2n) is 5.08. The lowest BCUT2D eigenvalue weighted by Gasteiger charge is -2.09. The molecule has 0 spiro atoms. The molecule has 0 bridgehead atoms. The molecule has 5 nitrogen and oxygen atoms in total. The Morgan fingerprint density at radius 1 is 1.24 bits per heavy atom. The van der Waals surface area contributed by atoms with Crippen LogP contribution in [0.3, 0.4) is 0 Å². The number of rotatable bonds is 3. The maximum absolute atomic E-state index is 13.1. The van der Waals surface area contributed by atoms with E-state index in [0.29, 0.717) is 0 Å². The van der Waals surface area contributed by atoms with Crippen molar-refractivity contribution in [1.82, 2.24) is 19.9 Å². The molecule has 130 valence electrons. The van der Waals surface area contributed by atoms with Gasteiger partial charge in [-0.3, -0.25) is 9.20 Å². The Morgan fingerprint density at radius 2 is 2.00 bits per heavy atom. The van der Waals surface area contributed by atoms with Crippen molar-refractivity contribution in [3.63, 3.8) is 0 Å². The summed E-state index contributed by atoms with van der Waals surface area (Å²) in [6.45, 7) is -0.214. The van der Waals surface area contributed by atoms with Gasteiger partial charge < -0.3 is 5.32 Å². The van der Waals surface area contributed by atoms with Gasteiger partial charge in [0, 0.05) is 11.8 Å². The summed E-state index contributed by atoms with van der Waals surface area (Å²) in [6, 6.07) is 5.74. The molecule has 0 saturated heterocycles. The van der Waals surface area contributed by atoms with Crippen LogP contribution in [0.25, 0.3) is 5.65 Å². The smallest absolute Gasteiger partial charge is 0.345 e. The van der Waals surface area contributed by atoms with Crippen molar-refractivity contribution in [3.05, 3.63) is 64.3 Å². The van der Waals surface area contributed by atoms with E-state index in [1.807, 2.05) is 0 Å². The van der Waals surface area contributed by atoms with Crippen LogP contribution in [-0.2, 0) is 12.7 Å².